The third-order valence-corrected chi connectivity index (χ3v) is 3.98. The number of hydrogen-bond donors (Lipinski definition) is 2. The molecule has 2 rings (SSSR count). The van der Waals surface area contributed by atoms with Gasteiger partial charge in [0, 0.05) is 16.1 Å². The van der Waals surface area contributed by atoms with Crippen molar-refractivity contribution in [2.24, 2.45) is 10.7 Å². The highest BCUT2D eigenvalue weighted by Crippen LogP contribution is 2.21. The van der Waals surface area contributed by atoms with E-state index in [1.54, 1.807) is 6.07 Å². The number of halogens is 2. The average Bonchev–Trinajstić information content (AvgIpc) is 2.39. The zero-order valence-electron chi connectivity index (χ0n) is 10.8. The van der Waals surface area contributed by atoms with E-state index in [1.807, 2.05) is 12.1 Å². The minimum atomic E-state index is 0.471. The third kappa shape index (κ3) is 4.59. The Bertz CT molecular complexity index is 454. The summed E-state index contributed by atoms with van der Waals surface area (Å²) >= 11 is 11.9. The van der Waals surface area contributed by atoms with E-state index in [-0.39, 0.29) is 0 Å². The van der Waals surface area contributed by atoms with Crippen LogP contribution in [0.5, 0.6) is 0 Å². The molecule has 0 radical (unpaired) electrons. The zero-order chi connectivity index (χ0) is 13.7. The molecular weight excluding hydrogens is 281 g/mol. The van der Waals surface area contributed by atoms with Gasteiger partial charge in [0.05, 0.1) is 6.54 Å². The monoisotopic (exact) mass is 299 g/mol. The lowest BCUT2D eigenvalue weighted by Crippen LogP contribution is -2.41. The third-order valence-electron chi connectivity index (χ3n) is 3.39. The Morgan fingerprint density at radius 3 is 2.68 bits per heavy atom. The summed E-state index contributed by atoms with van der Waals surface area (Å²) in [7, 11) is 0. The molecular formula is C14H19Cl2N3. The predicted octanol–water partition coefficient (Wildman–Crippen LogP) is 3.73. The van der Waals surface area contributed by atoms with Gasteiger partial charge in [-0.05, 0) is 30.5 Å². The summed E-state index contributed by atoms with van der Waals surface area (Å²) in [5, 5.41) is 4.54. The van der Waals surface area contributed by atoms with Crippen LogP contribution in [0.25, 0.3) is 0 Å². The van der Waals surface area contributed by atoms with Crippen molar-refractivity contribution >= 4 is 29.2 Å². The zero-order valence-corrected chi connectivity index (χ0v) is 12.3. The predicted molar refractivity (Wildman–Crippen MR) is 81.8 cm³/mol. The molecule has 1 fully saturated rings. The van der Waals surface area contributed by atoms with E-state index in [0.717, 1.165) is 5.56 Å². The Balaban J connectivity index is 1.89. The van der Waals surface area contributed by atoms with Crippen LogP contribution in [0.2, 0.25) is 10.0 Å². The molecule has 0 heterocycles. The maximum atomic E-state index is 6.09. The van der Waals surface area contributed by atoms with Gasteiger partial charge in [-0.3, -0.25) is 0 Å². The molecule has 19 heavy (non-hydrogen) atoms. The normalized spacial score (nSPS) is 17.5. The molecule has 3 N–H and O–H groups in total. The van der Waals surface area contributed by atoms with Crippen LogP contribution in [0.4, 0.5) is 0 Å². The molecule has 3 nitrogen and oxygen atoms in total. The second kappa shape index (κ2) is 7.01. The summed E-state index contributed by atoms with van der Waals surface area (Å²) in [5.41, 5.74) is 6.83. The molecule has 1 aromatic carbocycles. The van der Waals surface area contributed by atoms with Crippen LogP contribution >= 0.6 is 23.2 Å². The topological polar surface area (TPSA) is 50.4 Å². The van der Waals surface area contributed by atoms with Crippen molar-refractivity contribution in [3.05, 3.63) is 33.8 Å². The first kappa shape index (κ1) is 14.5. The molecule has 1 aliphatic rings. The quantitative estimate of drug-likeness (QED) is 0.660. The van der Waals surface area contributed by atoms with Crippen molar-refractivity contribution < 1.29 is 0 Å². The minimum absolute atomic E-state index is 0.471. The van der Waals surface area contributed by atoms with Gasteiger partial charge < -0.3 is 11.1 Å². The van der Waals surface area contributed by atoms with Crippen LogP contribution in [0.15, 0.2) is 23.2 Å². The molecule has 5 heteroatoms. The first-order valence-electron chi connectivity index (χ1n) is 6.65. The molecule has 1 aliphatic carbocycles. The van der Waals surface area contributed by atoms with Crippen LogP contribution in [0.1, 0.15) is 37.7 Å². The van der Waals surface area contributed by atoms with Gasteiger partial charge in [0.1, 0.15) is 0 Å². The number of nitrogens with two attached hydrogens (primary N) is 1. The summed E-state index contributed by atoms with van der Waals surface area (Å²) < 4.78 is 0. The number of benzene rings is 1. The van der Waals surface area contributed by atoms with Crippen molar-refractivity contribution in [3.8, 4) is 0 Å². The number of aliphatic imine (C=N–C) groups is 1. The highest BCUT2D eigenvalue weighted by molar-refractivity contribution is 6.35. The first-order valence-corrected chi connectivity index (χ1v) is 7.41. The fraction of sp³-hybridized carbons (Fsp3) is 0.500. The highest BCUT2D eigenvalue weighted by Gasteiger charge is 2.13. The summed E-state index contributed by atoms with van der Waals surface area (Å²) in [6, 6.07) is 5.88. The Hall–Kier alpha value is -0.930. The highest BCUT2D eigenvalue weighted by atomic mass is 35.5. The fourth-order valence-electron chi connectivity index (χ4n) is 2.32. The van der Waals surface area contributed by atoms with Crippen LogP contribution in [-0.2, 0) is 6.54 Å². The van der Waals surface area contributed by atoms with E-state index in [0.29, 0.717) is 28.6 Å². The van der Waals surface area contributed by atoms with E-state index in [9.17, 15) is 0 Å². The smallest absolute Gasteiger partial charge is 0.189 e. The Labute approximate surface area is 124 Å². The Morgan fingerprint density at radius 1 is 1.26 bits per heavy atom. The molecule has 0 atom stereocenters. The summed E-state index contributed by atoms with van der Waals surface area (Å²) in [5.74, 6) is 0.498. The van der Waals surface area contributed by atoms with Gasteiger partial charge in [0.2, 0.25) is 0 Å². The largest absolute Gasteiger partial charge is 0.370 e. The molecule has 0 saturated heterocycles. The number of guanidine groups is 1. The second-order valence-electron chi connectivity index (χ2n) is 4.92. The number of hydrogen-bond acceptors (Lipinski definition) is 1. The van der Waals surface area contributed by atoms with Crippen molar-refractivity contribution in [3.63, 3.8) is 0 Å². The molecule has 0 aromatic heterocycles. The second-order valence-corrected chi connectivity index (χ2v) is 5.76. The molecule has 1 aromatic rings. The Morgan fingerprint density at radius 2 is 2.00 bits per heavy atom. The van der Waals surface area contributed by atoms with Gasteiger partial charge in [0.25, 0.3) is 0 Å². The van der Waals surface area contributed by atoms with Crippen LogP contribution < -0.4 is 11.1 Å². The lowest BCUT2D eigenvalue weighted by atomic mass is 9.96. The summed E-state index contributed by atoms with van der Waals surface area (Å²) in [6.07, 6.45) is 6.23. The standard InChI is InChI=1S/C14H19Cl2N3/c15-11-7-6-10(13(16)8-11)9-18-14(17)19-12-4-2-1-3-5-12/h6-8,12H,1-5,9H2,(H3,17,18,19). The molecule has 0 amide bonds. The summed E-state index contributed by atoms with van der Waals surface area (Å²) in [6.45, 7) is 0.474. The fourth-order valence-corrected chi connectivity index (χ4v) is 2.79. The van der Waals surface area contributed by atoms with Gasteiger partial charge in [0.15, 0.2) is 5.96 Å². The van der Waals surface area contributed by atoms with E-state index in [4.69, 9.17) is 28.9 Å². The van der Waals surface area contributed by atoms with E-state index in [2.05, 4.69) is 10.3 Å². The minimum Gasteiger partial charge on any atom is -0.370 e. The maximum absolute atomic E-state index is 6.09. The molecule has 1 saturated carbocycles. The van der Waals surface area contributed by atoms with Gasteiger partial charge >= 0.3 is 0 Å². The van der Waals surface area contributed by atoms with Gasteiger partial charge in [-0.15, -0.1) is 0 Å². The van der Waals surface area contributed by atoms with Crippen molar-refractivity contribution in [1.29, 1.82) is 0 Å². The average molecular weight is 300 g/mol. The molecule has 0 unspecified atom stereocenters. The molecule has 0 bridgehead atoms. The van der Waals surface area contributed by atoms with Crippen LogP contribution in [0.3, 0.4) is 0 Å². The van der Waals surface area contributed by atoms with Gasteiger partial charge in [-0.25, -0.2) is 4.99 Å². The van der Waals surface area contributed by atoms with Crippen molar-refractivity contribution in [2.75, 3.05) is 0 Å². The van der Waals surface area contributed by atoms with Gasteiger partial charge in [-0.2, -0.15) is 0 Å². The molecule has 104 valence electrons. The number of rotatable bonds is 3. The maximum Gasteiger partial charge on any atom is 0.189 e. The van der Waals surface area contributed by atoms with Crippen LogP contribution in [-0.4, -0.2) is 12.0 Å². The number of nitrogens with one attached hydrogen (secondary N) is 1. The lowest BCUT2D eigenvalue weighted by molar-refractivity contribution is 0.412. The van der Waals surface area contributed by atoms with E-state index in [1.165, 1.54) is 32.1 Å². The molecule has 0 aliphatic heterocycles. The van der Waals surface area contributed by atoms with Crippen molar-refractivity contribution in [1.82, 2.24) is 5.32 Å². The lowest BCUT2D eigenvalue weighted by Gasteiger charge is -2.23. The Kier molecular flexibility index (Phi) is 5.34. The van der Waals surface area contributed by atoms with Crippen molar-refractivity contribution in [2.45, 2.75) is 44.7 Å². The van der Waals surface area contributed by atoms with Gasteiger partial charge in [-0.1, -0.05) is 48.5 Å². The summed E-state index contributed by atoms with van der Waals surface area (Å²) in [4.78, 5) is 4.33. The first-order chi connectivity index (χ1) is 9.15. The SMILES string of the molecule is NC(=NCc1ccc(Cl)cc1Cl)NC1CCCCC1. The number of nitrogens with zero attached hydrogens (tertiary/aromatic N) is 1. The van der Waals surface area contributed by atoms with E-state index >= 15 is 0 Å². The van der Waals surface area contributed by atoms with E-state index < -0.39 is 0 Å². The molecule has 0 spiro atoms. The van der Waals surface area contributed by atoms with Crippen LogP contribution in [0, 0.1) is 0 Å².